The van der Waals surface area contributed by atoms with E-state index in [4.69, 9.17) is 4.74 Å². The molecule has 0 amide bonds. The molecule has 0 aliphatic carbocycles. The SMILES string of the molecule is COC(=O)c1cccc(-c2ncc(-c3ccc(C(C)C)cc3)[nH]2)c1. The minimum absolute atomic E-state index is 0.354. The number of hydrogen-bond donors (Lipinski definition) is 1. The summed E-state index contributed by atoms with van der Waals surface area (Å²) in [5.41, 5.74) is 4.70. The number of nitrogens with one attached hydrogen (secondary N) is 1. The Morgan fingerprint density at radius 3 is 2.50 bits per heavy atom. The van der Waals surface area contributed by atoms with E-state index in [-0.39, 0.29) is 5.97 Å². The van der Waals surface area contributed by atoms with E-state index in [9.17, 15) is 4.79 Å². The molecule has 0 aliphatic rings. The van der Waals surface area contributed by atoms with Gasteiger partial charge in [-0.1, -0.05) is 50.2 Å². The maximum atomic E-state index is 11.7. The van der Waals surface area contributed by atoms with Crippen LogP contribution in [0.25, 0.3) is 22.6 Å². The number of imidazole rings is 1. The van der Waals surface area contributed by atoms with Crippen molar-refractivity contribution in [3.8, 4) is 22.6 Å². The number of hydrogen-bond acceptors (Lipinski definition) is 3. The van der Waals surface area contributed by atoms with Crippen molar-refractivity contribution in [1.29, 1.82) is 0 Å². The van der Waals surface area contributed by atoms with Crippen molar-refractivity contribution in [2.45, 2.75) is 19.8 Å². The second kappa shape index (κ2) is 6.71. The maximum Gasteiger partial charge on any atom is 0.337 e. The molecule has 122 valence electrons. The predicted molar refractivity (Wildman–Crippen MR) is 94.9 cm³/mol. The van der Waals surface area contributed by atoms with Gasteiger partial charge in [0.1, 0.15) is 5.82 Å². The van der Waals surface area contributed by atoms with E-state index >= 15 is 0 Å². The van der Waals surface area contributed by atoms with Crippen molar-refractivity contribution < 1.29 is 9.53 Å². The highest BCUT2D eigenvalue weighted by Crippen LogP contribution is 2.24. The molecule has 1 aromatic heterocycles. The first-order chi connectivity index (χ1) is 11.6. The summed E-state index contributed by atoms with van der Waals surface area (Å²) in [4.78, 5) is 19.4. The van der Waals surface area contributed by atoms with Crippen LogP contribution in [0, 0.1) is 0 Å². The van der Waals surface area contributed by atoms with Crippen molar-refractivity contribution >= 4 is 5.97 Å². The van der Waals surface area contributed by atoms with Gasteiger partial charge in [0, 0.05) is 5.56 Å². The van der Waals surface area contributed by atoms with Crippen LogP contribution in [0.3, 0.4) is 0 Å². The predicted octanol–water partition coefficient (Wildman–Crippen LogP) is 4.65. The lowest BCUT2D eigenvalue weighted by atomic mass is 10.0. The average Bonchev–Trinajstić information content (AvgIpc) is 3.11. The molecule has 1 heterocycles. The van der Waals surface area contributed by atoms with E-state index in [0.29, 0.717) is 11.5 Å². The van der Waals surface area contributed by atoms with Gasteiger partial charge in [0.25, 0.3) is 0 Å². The van der Waals surface area contributed by atoms with Gasteiger partial charge in [-0.25, -0.2) is 9.78 Å². The Labute approximate surface area is 141 Å². The van der Waals surface area contributed by atoms with Crippen molar-refractivity contribution in [1.82, 2.24) is 9.97 Å². The number of aromatic nitrogens is 2. The number of benzene rings is 2. The van der Waals surface area contributed by atoms with Crippen LogP contribution in [0.5, 0.6) is 0 Å². The fourth-order valence-corrected chi connectivity index (χ4v) is 2.57. The Balaban J connectivity index is 1.89. The third-order valence-corrected chi connectivity index (χ3v) is 4.02. The first kappa shape index (κ1) is 16.0. The topological polar surface area (TPSA) is 55.0 Å². The van der Waals surface area contributed by atoms with Crippen LogP contribution in [0.2, 0.25) is 0 Å². The molecule has 1 N–H and O–H groups in total. The summed E-state index contributed by atoms with van der Waals surface area (Å²) < 4.78 is 4.76. The highest BCUT2D eigenvalue weighted by atomic mass is 16.5. The van der Waals surface area contributed by atoms with E-state index < -0.39 is 0 Å². The first-order valence-corrected chi connectivity index (χ1v) is 7.92. The Morgan fingerprint density at radius 1 is 1.08 bits per heavy atom. The summed E-state index contributed by atoms with van der Waals surface area (Å²) in [6.07, 6.45) is 1.81. The summed E-state index contributed by atoms with van der Waals surface area (Å²) in [5.74, 6) is 0.883. The molecular formula is C20H20N2O2. The van der Waals surface area contributed by atoms with E-state index in [2.05, 4.69) is 48.1 Å². The van der Waals surface area contributed by atoms with E-state index in [1.165, 1.54) is 12.7 Å². The Hall–Kier alpha value is -2.88. The zero-order chi connectivity index (χ0) is 17.1. The van der Waals surface area contributed by atoms with Crippen molar-refractivity contribution in [3.63, 3.8) is 0 Å². The number of methoxy groups -OCH3 is 1. The molecule has 4 nitrogen and oxygen atoms in total. The number of carbonyl (C=O) groups excluding carboxylic acids is 1. The first-order valence-electron chi connectivity index (χ1n) is 7.92. The third-order valence-electron chi connectivity index (χ3n) is 4.02. The fourth-order valence-electron chi connectivity index (χ4n) is 2.57. The van der Waals surface area contributed by atoms with Crippen LogP contribution in [-0.2, 0) is 4.74 Å². The molecule has 2 aromatic carbocycles. The number of aromatic amines is 1. The molecule has 24 heavy (non-hydrogen) atoms. The lowest BCUT2D eigenvalue weighted by Gasteiger charge is -2.05. The number of nitrogens with zero attached hydrogens (tertiary/aromatic N) is 1. The quantitative estimate of drug-likeness (QED) is 0.712. The van der Waals surface area contributed by atoms with Crippen molar-refractivity contribution in [2.24, 2.45) is 0 Å². The standard InChI is InChI=1S/C20H20N2O2/c1-13(2)14-7-9-15(10-8-14)18-12-21-19(22-18)16-5-4-6-17(11-16)20(23)24-3/h4-13H,1-3H3,(H,21,22). The van der Waals surface area contributed by atoms with Crippen LogP contribution in [0.4, 0.5) is 0 Å². The number of H-pyrrole nitrogens is 1. The molecule has 0 saturated heterocycles. The number of ether oxygens (including phenoxy) is 1. The second-order valence-corrected chi connectivity index (χ2v) is 5.99. The summed E-state index contributed by atoms with van der Waals surface area (Å²) in [6, 6.07) is 15.7. The molecule has 3 aromatic rings. The number of carbonyl (C=O) groups is 1. The molecule has 0 fully saturated rings. The highest BCUT2D eigenvalue weighted by molar-refractivity contribution is 5.90. The summed E-state index contributed by atoms with van der Waals surface area (Å²) in [7, 11) is 1.38. The largest absolute Gasteiger partial charge is 0.465 e. The molecule has 0 spiro atoms. The average molecular weight is 320 g/mol. The van der Waals surface area contributed by atoms with Crippen LogP contribution >= 0.6 is 0 Å². The molecule has 0 radical (unpaired) electrons. The van der Waals surface area contributed by atoms with E-state index in [1.54, 1.807) is 12.1 Å². The van der Waals surface area contributed by atoms with Crippen LogP contribution in [0.15, 0.2) is 54.7 Å². The van der Waals surface area contributed by atoms with Crippen molar-refractivity contribution in [3.05, 3.63) is 65.9 Å². The Kier molecular flexibility index (Phi) is 4.47. The molecule has 0 saturated carbocycles. The molecule has 4 heteroatoms. The number of rotatable bonds is 4. The monoisotopic (exact) mass is 320 g/mol. The summed E-state index contributed by atoms with van der Waals surface area (Å²) in [6.45, 7) is 4.36. The van der Waals surface area contributed by atoms with Crippen LogP contribution in [-0.4, -0.2) is 23.0 Å². The van der Waals surface area contributed by atoms with Crippen molar-refractivity contribution in [2.75, 3.05) is 7.11 Å². The van der Waals surface area contributed by atoms with Gasteiger partial charge >= 0.3 is 5.97 Å². The fraction of sp³-hybridized carbons (Fsp3) is 0.200. The Bertz CT molecular complexity index is 848. The second-order valence-electron chi connectivity index (χ2n) is 5.99. The van der Waals surface area contributed by atoms with Gasteiger partial charge in [-0.3, -0.25) is 0 Å². The summed E-state index contributed by atoms with van der Waals surface area (Å²) in [5, 5.41) is 0. The third kappa shape index (κ3) is 3.23. The van der Waals surface area contributed by atoms with Gasteiger partial charge in [-0.15, -0.1) is 0 Å². The molecule has 0 aliphatic heterocycles. The molecular weight excluding hydrogens is 300 g/mol. The van der Waals surface area contributed by atoms with Crippen LogP contribution < -0.4 is 0 Å². The van der Waals surface area contributed by atoms with Gasteiger partial charge in [0.15, 0.2) is 0 Å². The molecule has 0 bridgehead atoms. The summed E-state index contributed by atoms with van der Waals surface area (Å²) >= 11 is 0. The van der Waals surface area contributed by atoms with Gasteiger partial charge < -0.3 is 9.72 Å². The van der Waals surface area contributed by atoms with E-state index in [0.717, 1.165) is 22.6 Å². The normalized spacial score (nSPS) is 10.8. The lowest BCUT2D eigenvalue weighted by Crippen LogP contribution is -2.00. The molecule has 0 unspecified atom stereocenters. The minimum atomic E-state index is -0.354. The van der Waals surface area contributed by atoms with Gasteiger partial charge in [0.05, 0.1) is 24.6 Å². The smallest absolute Gasteiger partial charge is 0.337 e. The van der Waals surface area contributed by atoms with Crippen LogP contribution in [0.1, 0.15) is 35.7 Å². The highest BCUT2D eigenvalue weighted by Gasteiger charge is 2.10. The lowest BCUT2D eigenvalue weighted by molar-refractivity contribution is 0.0601. The Morgan fingerprint density at radius 2 is 1.83 bits per heavy atom. The maximum absolute atomic E-state index is 11.7. The number of esters is 1. The molecule has 3 rings (SSSR count). The van der Waals surface area contributed by atoms with Gasteiger partial charge in [-0.2, -0.15) is 0 Å². The zero-order valence-electron chi connectivity index (χ0n) is 14.0. The van der Waals surface area contributed by atoms with E-state index in [1.807, 2.05) is 18.3 Å². The van der Waals surface area contributed by atoms with Gasteiger partial charge in [-0.05, 0) is 29.2 Å². The molecule has 0 atom stereocenters. The van der Waals surface area contributed by atoms with Gasteiger partial charge in [0.2, 0.25) is 0 Å². The zero-order valence-corrected chi connectivity index (χ0v) is 14.0. The minimum Gasteiger partial charge on any atom is -0.465 e.